The number of phenolic OH excluding ortho intramolecular Hbond substituents is 4. The predicted molar refractivity (Wildman–Crippen MR) is 123 cm³/mol. The van der Waals surface area contributed by atoms with Gasteiger partial charge in [0.05, 0.1) is 0 Å². The van der Waals surface area contributed by atoms with Gasteiger partial charge in [0.1, 0.15) is 0 Å². The molecule has 0 aliphatic heterocycles. The first-order valence-corrected chi connectivity index (χ1v) is 11.8. The van der Waals surface area contributed by atoms with Crippen molar-refractivity contribution >= 4 is 0 Å². The molecule has 0 bridgehead atoms. The van der Waals surface area contributed by atoms with Crippen molar-refractivity contribution in [3.05, 3.63) is 46.5 Å². The molecule has 2 atom stereocenters. The Morgan fingerprint density at radius 3 is 1.06 bits per heavy atom. The van der Waals surface area contributed by atoms with Crippen LogP contribution in [0.25, 0.3) is 0 Å². The molecule has 168 valence electrons. The summed E-state index contributed by atoms with van der Waals surface area (Å²) in [5, 5.41) is 42.0. The van der Waals surface area contributed by atoms with Crippen LogP contribution >= 0.6 is 0 Å². The first-order chi connectivity index (χ1) is 14.6. The molecule has 2 aromatic rings. The van der Waals surface area contributed by atoms with Gasteiger partial charge in [-0.25, -0.2) is 0 Å². The molecular formula is C27H36O4. The van der Waals surface area contributed by atoms with Crippen LogP contribution in [-0.2, 0) is 16.2 Å². The average molecular weight is 425 g/mol. The topological polar surface area (TPSA) is 80.9 Å². The van der Waals surface area contributed by atoms with E-state index in [4.69, 9.17) is 0 Å². The molecule has 0 radical (unpaired) electrons. The van der Waals surface area contributed by atoms with Crippen LogP contribution in [0.2, 0.25) is 0 Å². The van der Waals surface area contributed by atoms with E-state index in [1.807, 2.05) is 0 Å². The monoisotopic (exact) mass is 424 g/mol. The molecule has 0 heterocycles. The number of phenols is 4. The Kier molecular flexibility index (Phi) is 4.81. The quantitative estimate of drug-likeness (QED) is 0.440. The van der Waals surface area contributed by atoms with E-state index in [9.17, 15) is 20.4 Å². The van der Waals surface area contributed by atoms with E-state index in [1.54, 1.807) is 24.3 Å². The van der Waals surface area contributed by atoms with Crippen molar-refractivity contribution in [2.24, 2.45) is 11.8 Å². The third kappa shape index (κ3) is 2.26. The lowest BCUT2D eigenvalue weighted by molar-refractivity contribution is 0.129. The third-order valence-electron chi connectivity index (χ3n) is 9.74. The lowest BCUT2D eigenvalue weighted by atomic mass is 9.57. The molecule has 4 nitrogen and oxygen atoms in total. The number of hydrogen-bond donors (Lipinski definition) is 4. The zero-order chi connectivity index (χ0) is 22.9. The van der Waals surface area contributed by atoms with Crippen molar-refractivity contribution < 1.29 is 20.4 Å². The molecule has 2 unspecified atom stereocenters. The zero-order valence-electron chi connectivity index (χ0n) is 19.6. The highest BCUT2D eigenvalue weighted by molar-refractivity contribution is 5.67. The maximum absolute atomic E-state index is 10.6. The number of aromatic hydroxyl groups is 4. The summed E-state index contributed by atoms with van der Waals surface area (Å²) in [6.07, 6.45) is 3.67. The minimum Gasteiger partial charge on any atom is -0.504 e. The van der Waals surface area contributed by atoms with Gasteiger partial charge < -0.3 is 20.4 Å². The molecule has 2 aliphatic carbocycles. The van der Waals surface area contributed by atoms with Gasteiger partial charge in [-0.1, -0.05) is 41.5 Å². The van der Waals surface area contributed by atoms with Crippen LogP contribution in [0.1, 0.15) is 89.5 Å². The summed E-state index contributed by atoms with van der Waals surface area (Å²) >= 11 is 0. The van der Waals surface area contributed by atoms with Crippen molar-refractivity contribution in [1.82, 2.24) is 0 Å². The molecule has 31 heavy (non-hydrogen) atoms. The maximum Gasteiger partial charge on any atom is 0.157 e. The van der Waals surface area contributed by atoms with Gasteiger partial charge >= 0.3 is 0 Å². The molecule has 4 heteroatoms. The largest absolute Gasteiger partial charge is 0.504 e. The molecule has 2 aromatic carbocycles. The van der Waals surface area contributed by atoms with Gasteiger partial charge in [0.25, 0.3) is 0 Å². The summed E-state index contributed by atoms with van der Waals surface area (Å²) in [5.74, 6) is 0.00999. The SMILES string of the molecule is CCC1(CC)c2cc(O)c(O)cc2C2(c3cc(O)c(O)cc3C(CC)(CC)C2C)C1C. The van der Waals surface area contributed by atoms with Crippen LogP contribution < -0.4 is 0 Å². The van der Waals surface area contributed by atoms with Crippen molar-refractivity contribution in [2.45, 2.75) is 83.5 Å². The molecular weight excluding hydrogens is 388 g/mol. The van der Waals surface area contributed by atoms with E-state index < -0.39 is 5.41 Å². The van der Waals surface area contributed by atoms with Crippen molar-refractivity contribution in [3.63, 3.8) is 0 Å². The van der Waals surface area contributed by atoms with Crippen LogP contribution in [0, 0.1) is 11.8 Å². The van der Waals surface area contributed by atoms with E-state index in [2.05, 4.69) is 41.5 Å². The normalized spacial score (nSPS) is 27.4. The number of rotatable bonds is 4. The van der Waals surface area contributed by atoms with Crippen LogP contribution in [0.15, 0.2) is 24.3 Å². The first kappa shape index (κ1) is 21.9. The predicted octanol–water partition coefficient (Wildman–Crippen LogP) is 6.21. The number of fused-ring (bicyclic) bond motifs is 4. The smallest absolute Gasteiger partial charge is 0.157 e. The van der Waals surface area contributed by atoms with Crippen LogP contribution in [0.3, 0.4) is 0 Å². The second-order valence-electron chi connectivity index (χ2n) is 9.81. The summed E-state index contributed by atoms with van der Waals surface area (Å²) in [4.78, 5) is 0. The van der Waals surface area contributed by atoms with Gasteiger partial charge in [-0.05, 0) is 94.9 Å². The van der Waals surface area contributed by atoms with E-state index in [-0.39, 0.29) is 45.7 Å². The second-order valence-corrected chi connectivity index (χ2v) is 9.81. The first-order valence-electron chi connectivity index (χ1n) is 11.8. The Morgan fingerprint density at radius 2 is 0.806 bits per heavy atom. The standard InChI is InChI=1S/C27H36O4/c1-7-25(8-2)15(5)27(19-13-23(30)21(28)11-17(19)25)16(6)26(9-3,10-4)18-12-22(29)24(31)14-20(18)27/h11-16,28-31H,7-10H2,1-6H3. The molecule has 0 aromatic heterocycles. The van der Waals surface area contributed by atoms with Crippen LogP contribution in [0.5, 0.6) is 23.0 Å². The van der Waals surface area contributed by atoms with Gasteiger partial charge in [0.2, 0.25) is 0 Å². The molecule has 0 saturated carbocycles. The Bertz CT molecular complexity index is 947. The van der Waals surface area contributed by atoms with E-state index in [1.165, 1.54) is 0 Å². The second kappa shape index (κ2) is 6.82. The van der Waals surface area contributed by atoms with Crippen molar-refractivity contribution in [3.8, 4) is 23.0 Å². The van der Waals surface area contributed by atoms with Crippen LogP contribution in [0.4, 0.5) is 0 Å². The lowest BCUT2D eigenvalue weighted by Gasteiger charge is -2.46. The molecule has 0 amide bonds. The summed E-state index contributed by atoms with van der Waals surface area (Å²) in [7, 11) is 0. The van der Waals surface area contributed by atoms with E-state index in [0.29, 0.717) is 0 Å². The van der Waals surface area contributed by atoms with Crippen molar-refractivity contribution in [2.75, 3.05) is 0 Å². The molecule has 2 aliphatic rings. The Labute approximate surface area is 185 Å². The van der Waals surface area contributed by atoms with Gasteiger partial charge in [-0.2, -0.15) is 0 Å². The minimum absolute atomic E-state index is 0.0778. The Balaban J connectivity index is 2.20. The molecule has 4 N–H and O–H groups in total. The van der Waals surface area contributed by atoms with E-state index >= 15 is 0 Å². The lowest BCUT2D eigenvalue weighted by Crippen LogP contribution is -2.45. The number of benzene rings is 2. The van der Waals surface area contributed by atoms with Gasteiger partial charge in [-0.15, -0.1) is 0 Å². The number of hydrogen-bond acceptors (Lipinski definition) is 4. The van der Waals surface area contributed by atoms with Gasteiger partial charge in [0.15, 0.2) is 23.0 Å². The Hall–Kier alpha value is -2.36. The molecule has 4 rings (SSSR count). The highest BCUT2D eigenvalue weighted by atomic mass is 16.3. The van der Waals surface area contributed by atoms with E-state index in [0.717, 1.165) is 47.9 Å². The fourth-order valence-electron chi connectivity index (χ4n) is 7.94. The summed E-state index contributed by atoms with van der Waals surface area (Å²) in [6.45, 7) is 13.4. The summed E-state index contributed by atoms with van der Waals surface area (Å²) < 4.78 is 0. The zero-order valence-corrected chi connectivity index (χ0v) is 19.6. The van der Waals surface area contributed by atoms with Crippen LogP contribution in [-0.4, -0.2) is 20.4 Å². The average Bonchev–Trinajstić information content (AvgIpc) is 3.09. The highest BCUT2D eigenvalue weighted by Gasteiger charge is 2.67. The minimum atomic E-state index is -0.431. The molecule has 0 fully saturated rings. The maximum atomic E-state index is 10.6. The Morgan fingerprint density at radius 1 is 0.548 bits per heavy atom. The highest BCUT2D eigenvalue weighted by Crippen LogP contribution is 2.71. The fraction of sp³-hybridized carbons (Fsp3) is 0.556. The third-order valence-corrected chi connectivity index (χ3v) is 9.74. The van der Waals surface area contributed by atoms with Crippen molar-refractivity contribution in [1.29, 1.82) is 0 Å². The summed E-state index contributed by atoms with van der Waals surface area (Å²) in [5.41, 5.74) is 3.58. The molecule has 1 spiro atoms. The van der Waals surface area contributed by atoms with Gasteiger partial charge in [0, 0.05) is 5.41 Å². The molecule has 0 saturated heterocycles. The fourth-order valence-corrected chi connectivity index (χ4v) is 7.94. The van der Waals surface area contributed by atoms with Gasteiger partial charge in [-0.3, -0.25) is 0 Å². The summed E-state index contributed by atoms with van der Waals surface area (Å²) in [6, 6.07) is 7.07.